The molecule has 1 aliphatic carbocycles. The monoisotopic (exact) mass is 183 g/mol. The number of nitrogens with one attached hydrogen (secondary N) is 1. The topological polar surface area (TPSA) is 54.9 Å². The minimum absolute atomic E-state index is 0.0641. The minimum atomic E-state index is 0.0641. The molecule has 1 saturated carbocycles. The van der Waals surface area contributed by atoms with E-state index in [0.29, 0.717) is 17.5 Å². The van der Waals surface area contributed by atoms with Gasteiger partial charge in [0.2, 0.25) is 11.0 Å². The fraction of sp³-hybridized carbons (Fsp3) is 0.571. The second-order valence-corrected chi connectivity index (χ2v) is 3.77. The number of hydrogen-bond donors (Lipinski definition) is 1. The van der Waals surface area contributed by atoms with Crippen LogP contribution >= 0.6 is 11.3 Å². The van der Waals surface area contributed by atoms with E-state index in [1.807, 2.05) is 0 Å². The lowest BCUT2D eigenvalue weighted by molar-refractivity contribution is -0.116. The fourth-order valence-corrected chi connectivity index (χ4v) is 1.44. The average Bonchev–Trinajstić information content (AvgIpc) is 2.66. The number of amides is 1. The summed E-state index contributed by atoms with van der Waals surface area (Å²) in [5.41, 5.74) is 1.60. The summed E-state index contributed by atoms with van der Waals surface area (Å²) in [4.78, 5) is 11.2. The Morgan fingerprint density at radius 2 is 2.58 bits per heavy atom. The molecule has 1 amide bonds. The van der Waals surface area contributed by atoms with Crippen molar-refractivity contribution in [3.05, 3.63) is 5.51 Å². The molecule has 0 radical (unpaired) electrons. The van der Waals surface area contributed by atoms with E-state index in [2.05, 4.69) is 15.5 Å². The van der Waals surface area contributed by atoms with Crippen molar-refractivity contribution < 1.29 is 4.79 Å². The average molecular weight is 183 g/mol. The molecule has 0 bridgehead atoms. The van der Waals surface area contributed by atoms with Gasteiger partial charge < -0.3 is 5.32 Å². The molecule has 1 N–H and O–H groups in total. The van der Waals surface area contributed by atoms with Crippen LogP contribution in [0, 0.1) is 5.92 Å². The van der Waals surface area contributed by atoms with E-state index in [4.69, 9.17) is 0 Å². The molecule has 12 heavy (non-hydrogen) atoms. The molecule has 0 spiro atoms. The molecule has 2 rings (SSSR count). The van der Waals surface area contributed by atoms with Crippen LogP contribution in [0.15, 0.2) is 5.51 Å². The number of carbonyl (C=O) groups excluding carboxylic acids is 1. The lowest BCUT2D eigenvalue weighted by Gasteiger charge is -1.97. The van der Waals surface area contributed by atoms with Crippen LogP contribution in [0.5, 0.6) is 0 Å². The minimum Gasteiger partial charge on any atom is -0.301 e. The summed E-state index contributed by atoms with van der Waals surface area (Å²) in [7, 11) is 0. The lowest BCUT2D eigenvalue weighted by Crippen LogP contribution is -2.11. The number of hydrogen-bond acceptors (Lipinski definition) is 4. The highest BCUT2D eigenvalue weighted by molar-refractivity contribution is 7.13. The normalized spacial score (nSPS) is 16.0. The summed E-state index contributed by atoms with van der Waals surface area (Å²) in [5, 5.41) is 10.6. The van der Waals surface area contributed by atoms with E-state index in [9.17, 15) is 4.79 Å². The predicted octanol–water partition coefficient (Wildman–Crippen LogP) is 1.28. The molecular weight excluding hydrogens is 174 g/mol. The molecule has 0 unspecified atom stereocenters. The smallest absolute Gasteiger partial charge is 0.226 e. The van der Waals surface area contributed by atoms with Crippen molar-refractivity contribution in [1.82, 2.24) is 10.2 Å². The van der Waals surface area contributed by atoms with Crippen LogP contribution in [0.1, 0.15) is 19.3 Å². The summed E-state index contributed by atoms with van der Waals surface area (Å²) in [5.74, 6) is 0.687. The highest BCUT2D eigenvalue weighted by Gasteiger charge is 2.24. The van der Waals surface area contributed by atoms with Crippen molar-refractivity contribution >= 4 is 22.4 Å². The molecule has 64 valence electrons. The summed E-state index contributed by atoms with van der Waals surface area (Å²) < 4.78 is 0. The van der Waals surface area contributed by atoms with E-state index >= 15 is 0 Å². The molecule has 0 atom stereocenters. The van der Waals surface area contributed by atoms with Crippen molar-refractivity contribution in [3.8, 4) is 0 Å². The largest absolute Gasteiger partial charge is 0.301 e. The molecular formula is C7H9N3OS. The highest BCUT2D eigenvalue weighted by atomic mass is 32.1. The van der Waals surface area contributed by atoms with Crippen molar-refractivity contribution in [3.63, 3.8) is 0 Å². The van der Waals surface area contributed by atoms with Gasteiger partial charge in [-0.15, -0.1) is 10.2 Å². The Labute approximate surface area is 74.0 Å². The molecule has 1 heterocycles. The zero-order valence-electron chi connectivity index (χ0n) is 6.49. The predicted molar refractivity (Wildman–Crippen MR) is 45.9 cm³/mol. The second kappa shape index (κ2) is 3.18. The summed E-state index contributed by atoms with van der Waals surface area (Å²) >= 11 is 1.34. The third kappa shape index (κ3) is 2.01. The van der Waals surface area contributed by atoms with Crippen molar-refractivity contribution in [2.45, 2.75) is 19.3 Å². The van der Waals surface area contributed by atoms with Gasteiger partial charge in [-0.2, -0.15) is 0 Å². The van der Waals surface area contributed by atoms with Gasteiger partial charge in [-0.3, -0.25) is 4.79 Å². The molecule has 1 fully saturated rings. The summed E-state index contributed by atoms with van der Waals surface area (Å²) in [6.07, 6.45) is 3.03. The third-order valence-corrected chi connectivity index (χ3v) is 2.38. The molecule has 4 nitrogen and oxygen atoms in total. The Balaban J connectivity index is 1.82. The molecule has 0 saturated heterocycles. The van der Waals surface area contributed by atoms with Gasteiger partial charge in [0, 0.05) is 6.42 Å². The van der Waals surface area contributed by atoms with Gasteiger partial charge in [0.05, 0.1) is 0 Å². The third-order valence-electron chi connectivity index (χ3n) is 1.78. The Morgan fingerprint density at radius 1 is 1.75 bits per heavy atom. The first-order chi connectivity index (χ1) is 5.84. The van der Waals surface area contributed by atoms with Crippen molar-refractivity contribution in [2.75, 3.05) is 5.32 Å². The van der Waals surface area contributed by atoms with Gasteiger partial charge in [-0.1, -0.05) is 11.3 Å². The Bertz CT molecular complexity index is 268. The van der Waals surface area contributed by atoms with E-state index in [-0.39, 0.29) is 5.91 Å². The standard InChI is InChI=1S/C7H9N3OS/c11-6(3-5-1-2-5)9-7-10-8-4-12-7/h4-5H,1-3H2,(H,9,10,11). The Kier molecular flexibility index (Phi) is 2.03. The first kappa shape index (κ1) is 7.67. The maximum Gasteiger partial charge on any atom is 0.226 e. The molecule has 1 aromatic heterocycles. The van der Waals surface area contributed by atoms with Crippen LogP contribution in [0.4, 0.5) is 5.13 Å². The number of nitrogens with zero attached hydrogens (tertiary/aromatic N) is 2. The van der Waals surface area contributed by atoms with Gasteiger partial charge in [0.25, 0.3) is 0 Å². The Hall–Kier alpha value is -0.970. The van der Waals surface area contributed by atoms with Gasteiger partial charge >= 0.3 is 0 Å². The van der Waals surface area contributed by atoms with Crippen LogP contribution in [0.3, 0.4) is 0 Å². The van der Waals surface area contributed by atoms with E-state index in [0.717, 1.165) is 0 Å². The number of carbonyl (C=O) groups is 1. The highest BCUT2D eigenvalue weighted by Crippen LogP contribution is 2.32. The maximum atomic E-state index is 11.2. The number of rotatable bonds is 3. The van der Waals surface area contributed by atoms with Gasteiger partial charge in [0.15, 0.2) is 0 Å². The SMILES string of the molecule is O=C(CC1CC1)Nc1nncs1. The second-order valence-electron chi connectivity index (χ2n) is 2.94. The van der Waals surface area contributed by atoms with Crippen molar-refractivity contribution in [2.24, 2.45) is 5.92 Å². The molecule has 5 heteroatoms. The van der Waals surface area contributed by atoms with Gasteiger partial charge in [-0.25, -0.2) is 0 Å². The van der Waals surface area contributed by atoms with E-state index in [1.54, 1.807) is 5.51 Å². The first-order valence-electron chi connectivity index (χ1n) is 3.90. The molecule has 1 aliphatic rings. The summed E-state index contributed by atoms with van der Waals surface area (Å²) in [6, 6.07) is 0. The maximum absolute atomic E-state index is 11.2. The molecule has 0 aromatic carbocycles. The van der Waals surface area contributed by atoms with Crippen LogP contribution in [-0.2, 0) is 4.79 Å². The van der Waals surface area contributed by atoms with Gasteiger partial charge in [-0.05, 0) is 18.8 Å². The van der Waals surface area contributed by atoms with Crippen LogP contribution in [-0.4, -0.2) is 16.1 Å². The summed E-state index contributed by atoms with van der Waals surface area (Å²) in [6.45, 7) is 0. The molecule has 1 aromatic rings. The first-order valence-corrected chi connectivity index (χ1v) is 4.78. The van der Waals surface area contributed by atoms with E-state index in [1.165, 1.54) is 24.2 Å². The van der Waals surface area contributed by atoms with Crippen LogP contribution in [0.25, 0.3) is 0 Å². The van der Waals surface area contributed by atoms with Crippen LogP contribution < -0.4 is 5.32 Å². The fourth-order valence-electron chi connectivity index (χ4n) is 0.982. The van der Waals surface area contributed by atoms with Crippen LogP contribution in [0.2, 0.25) is 0 Å². The zero-order chi connectivity index (χ0) is 8.39. The number of anilines is 1. The van der Waals surface area contributed by atoms with E-state index < -0.39 is 0 Å². The quantitative estimate of drug-likeness (QED) is 0.767. The molecule has 0 aliphatic heterocycles. The van der Waals surface area contributed by atoms with Crippen molar-refractivity contribution in [1.29, 1.82) is 0 Å². The van der Waals surface area contributed by atoms with Gasteiger partial charge in [0.1, 0.15) is 5.51 Å². The Morgan fingerprint density at radius 3 is 3.17 bits per heavy atom. The number of aromatic nitrogens is 2. The lowest BCUT2D eigenvalue weighted by atomic mass is 10.3. The zero-order valence-corrected chi connectivity index (χ0v) is 7.30.